The molecule has 7 heteroatoms. The number of benzene rings is 3. The highest BCUT2D eigenvalue weighted by Crippen LogP contribution is 2.29. The minimum Gasteiger partial charge on any atom is -0.490 e. The van der Waals surface area contributed by atoms with E-state index in [-0.39, 0.29) is 30.3 Å². The average Bonchev–Trinajstić information content (AvgIpc) is 2.87. The van der Waals surface area contributed by atoms with Gasteiger partial charge in [0.1, 0.15) is 5.75 Å². The lowest BCUT2D eigenvalue weighted by molar-refractivity contribution is -0.138. The lowest BCUT2D eigenvalue weighted by Crippen LogP contribution is -2.34. The van der Waals surface area contributed by atoms with Crippen molar-refractivity contribution in [3.05, 3.63) is 77.9 Å². The molecule has 35 heavy (non-hydrogen) atoms. The standard InChI is InChI=1S/C28H30N2O5/c31-26(32)17-19-5-11-24(12-6-19)35-25-13-9-21(10-14-25)27(33)29-15-16-30-28(34)23-8-7-20-3-1-2-4-22(20)18-23/h1-4,7-10,13-14,18-19,24H,5-6,11-12,15-17H2,(H,29,33)(H,30,34)(H,31,32)/t19-,24+. The normalized spacial score (nSPS) is 17.5. The number of carbonyl (C=O) groups is 3. The molecule has 3 aromatic carbocycles. The molecule has 0 atom stereocenters. The van der Waals surface area contributed by atoms with Crippen LogP contribution in [-0.4, -0.2) is 42.1 Å². The Bertz CT molecular complexity index is 1180. The molecule has 4 rings (SSSR count). The van der Waals surface area contributed by atoms with Crippen molar-refractivity contribution in [2.75, 3.05) is 13.1 Å². The number of carboxylic acids is 1. The van der Waals surface area contributed by atoms with Gasteiger partial charge in [-0.05, 0) is 78.8 Å². The number of nitrogens with one attached hydrogen (secondary N) is 2. The Labute approximate surface area is 204 Å². The van der Waals surface area contributed by atoms with Crippen molar-refractivity contribution in [1.29, 1.82) is 0 Å². The minimum absolute atomic E-state index is 0.0749. The number of hydrogen-bond acceptors (Lipinski definition) is 4. The van der Waals surface area contributed by atoms with Crippen LogP contribution in [0.5, 0.6) is 5.75 Å². The Morgan fingerprint density at radius 2 is 1.37 bits per heavy atom. The number of aliphatic carboxylic acids is 1. The van der Waals surface area contributed by atoms with Crippen LogP contribution < -0.4 is 15.4 Å². The van der Waals surface area contributed by atoms with Crippen molar-refractivity contribution in [1.82, 2.24) is 10.6 Å². The predicted molar refractivity (Wildman–Crippen MR) is 134 cm³/mol. The first kappa shape index (κ1) is 24.3. The van der Waals surface area contributed by atoms with Crippen molar-refractivity contribution >= 4 is 28.6 Å². The first-order chi connectivity index (χ1) is 17.0. The third-order valence-electron chi connectivity index (χ3n) is 6.38. The fourth-order valence-corrected chi connectivity index (χ4v) is 4.46. The van der Waals surface area contributed by atoms with E-state index in [2.05, 4.69) is 10.6 Å². The molecular weight excluding hydrogens is 444 g/mol. The minimum atomic E-state index is -0.740. The van der Waals surface area contributed by atoms with Crippen molar-refractivity contribution < 1.29 is 24.2 Å². The second kappa shape index (κ2) is 11.5. The smallest absolute Gasteiger partial charge is 0.303 e. The van der Waals surface area contributed by atoms with Crippen LogP contribution >= 0.6 is 0 Å². The zero-order valence-corrected chi connectivity index (χ0v) is 19.5. The van der Waals surface area contributed by atoms with Gasteiger partial charge in [-0.2, -0.15) is 0 Å². The van der Waals surface area contributed by atoms with Crippen LogP contribution in [0.2, 0.25) is 0 Å². The Kier molecular flexibility index (Phi) is 7.98. The summed E-state index contributed by atoms with van der Waals surface area (Å²) in [4.78, 5) is 35.7. The Hall–Kier alpha value is -3.87. The highest BCUT2D eigenvalue weighted by Gasteiger charge is 2.24. The molecule has 1 aliphatic rings. The highest BCUT2D eigenvalue weighted by molar-refractivity contribution is 5.98. The Balaban J connectivity index is 1.18. The molecule has 1 fully saturated rings. The number of ether oxygens (including phenoxy) is 1. The topological polar surface area (TPSA) is 105 Å². The quantitative estimate of drug-likeness (QED) is 0.399. The van der Waals surface area contributed by atoms with E-state index in [0.29, 0.717) is 30.0 Å². The molecule has 0 saturated heterocycles. The molecule has 2 amide bonds. The van der Waals surface area contributed by atoms with Gasteiger partial charge >= 0.3 is 5.97 Å². The monoisotopic (exact) mass is 474 g/mol. The summed E-state index contributed by atoms with van der Waals surface area (Å²) in [5.41, 5.74) is 1.10. The molecule has 0 bridgehead atoms. The van der Waals surface area contributed by atoms with Crippen LogP contribution in [0.25, 0.3) is 10.8 Å². The maximum Gasteiger partial charge on any atom is 0.303 e. The van der Waals surface area contributed by atoms with Gasteiger partial charge in [-0.3, -0.25) is 14.4 Å². The van der Waals surface area contributed by atoms with Crippen LogP contribution in [-0.2, 0) is 4.79 Å². The summed E-state index contributed by atoms with van der Waals surface area (Å²) < 4.78 is 6.01. The molecule has 0 spiro atoms. The van der Waals surface area contributed by atoms with Gasteiger partial charge in [-0.15, -0.1) is 0 Å². The number of fused-ring (bicyclic) bond motifs is 1. The van der Waals surface area contributed by atoms with Crippen LogP contribution in [0.1, 0.15) is 52.8 Å². The molecule has 7 nitrogen and oxygen atoms in total. The van der Waals surface area contributed by atoms with Crippen LogP contribution in [0, 0.1) is 5.92 Å². The SMILES string of the molecule is O=C(O)C[C@H]1CC[C@@H](Oc2ccc(C(=O)NCCNC(=O)c3ccc4ccccc4c3)cc2)CC1. The first-order valence-electron chi connectivity index (χ1n) is 12.0. The van der Waals surface area contributed by atoms with Crippen molar-refractivity contribution in [2.24, 2.45) is 5.92 Å². The van der Waals surface area contributed by atoms with E-state index < -0.39 is 5.97 Å². The summed E-state index contributed by atoms with van der Waals surface area (Å²) in [6.07, 6.45) is 3.69. The van der Waals surface area contributed by atoms with Gasteiger partial charge in [0.2, 0.25) is 0 Å². The third kappa shape index (κ3) is 6.82. The molecule has 0 radical (unpaired) electrons. The first-order valence-corrected chi connectivity index (χ1v) is 12.0. The predicted octanol–water partition coefficient (Wildman–Crippen LogP) is 4.41. The summed E-state index contributed by atoms with van der Waals surface area (Å²) >= 11 is 0. The van der Waals surface area contributed by atoms with Gasteiger partial charge in [0.25, 0.3) is 11.8 Å². The molecule has 3 aromatic rings. The molecule has 1 saturated carbocycles. The van der Waals surface area contributed by atoms with Gasteiger partial charge in [0.05, 0.1) is 6.10 Å². The van der Waals surface area contributed by atoms with Crippen LogP contribution in [0.15, 0.2) is 66.7 Å². The lowest BCUT2D eigenvalue weighted by atomic mass is 9.85. The third-order valence-corrected chi connectivity index (χ3v) is 6.38. The lowest BCUT2D eigenvalue weighted by Gasteiger charge is -2.28. The molecule has 0 aromatic heterocycles. The van der Waals surface area contributed by atoms with Crippen molar-refractivity contribution in [3.8, 4) is 5.75 Å². The number of hydrogen-bond donors (Lipinski definition) is 3. The zero-order valence-electron chi connectivity index (χ0n) is 19.5. The van der Waals surface area contributed by atoms with Gasteiger partial charge in [0, 0.05) is 30.6 Å². The summed E-state index contributed by atoms with van der Waals surface area (Å²) in [6.45, 7) is 0.638. The average molecular weight is 475 g/mol. The van der Waals surface area contributed by atoms with E-state index in [1.165, 1.54) is 0 Å². The number of rotatable bonds is 9. The molecule has 0 heterocycles. The summed E-state index contributed by atoms with van der Waals surface area (Å²) in [7, 11) is 0. The van der Waals surface area contributed by atoms with Crippen molar-refractivity contribution in [2.45, 2.75) is 38.2 Å². The summed E-state index contributed by atoms with van der Waals surface area (Å²) in [6, 6.07) is 20.4. The van der Waals surface area contributed by atoms with E-state index >= 15 is 0 Å². The van der Waals surface area contributed by atoms with E-state index in [0.717, 1.165) is 36.5 Å². The molecule has 0 aliphatic heterocycles. The second-order valence-electron chi connectivity index (χ2n) is 8.96. The maximum atomic E-state index is 12.4. The zero-order chi connectivity index (χ0) is 24.6. The molecule has 1 aliphatic carbocycles. The Morgan fingerprint density at radius 1 is 0.771 bits per heavy atom. The Morgan fingerprint density at radius 3 is 2.03 bits per heavy atom. The molecular formula is C28H30N2O5. The number of carbonyl (C=O) groups excluding carboxylic acids is 2. The van der Waals surface area contributed by atoms with E-state index in [1.807, 2.05) is 36.4 Å². The largest absolute Gasteiger partial charge is 0.490 e. The molecule has 3 N–H and O–H groups in total. The van der Waals surface area contributed by atoms with Crippen LogP contribution in [0.3, 0.4) is 0 Å². The summed E-state index contributed by atoms with van der Waals surface area (Å²) in [5.74, 6) is -0.202. The van der Waals surface area contributed by atoms with E-state index in [9.17, 15) is 14.4 Å². The van der Waals surface area contributed by atoms with Crippen molar-refractivity contribution in [3.63, 3.8) is 0 Å². The van der Waals surface area contributed by atoms with E-state index in [4.69, 9.17) is 9.84 Å². The van der Waals surface area contributed by atoms with Crippen LogP contribution in [0.4, 0.5) is 0 Å². The molecule has 0 unspecified atom stereocenters. The van der Waals surface area contributed by atoms with Gasteiger partial charge in [-0.25, -0.2) is 0 Å². The fourth-order valence-electron chi connectivity index (χ4n) is 4.46. The second-order valence-corrected chi connectivity index (χ2v) is 8.96. The van der Waals surface area contributed by atoms with Gasteiger partial charge in [0.15, 0.2) is 0 Å². The number of amides is 2. The highest BCUT2D eigenvalue weighted by atomic mass is 16.5. The van der Waals surface area contributed by atoms with Gasteiger partial charge < -0.3 is 20.5 Å². The fraction of sp³-hybridized carbons (Fsp3) is 0.321. The van der Waals surface area contributed by atoms with E-state index in [1.54, 1.807) is 30.3 Å². The number of carboxylic acid groups (broad SMARTS) is 1. The van der Waals surface area contributed by atoms with Gasteiger partial charge in [-0.1, -0.05) is 30.3 Å². The summed E-state index contributed by atoms with van der Waals surface area (Å²) in [5, 5.41) is 16.7. The maximum absolute atomic E-state index is 12.4. The molecule has 182 valence electrons.